The Hall–Kier alpha value is -2.37. The number of nitrogens with zero attached hydrogens (tertiary/aromatic N) is 3. The number of nitrogens with one attached hydrogen (secondary N) is 1. The Morgan fingerprint density at radius 1 is 1.38 bits per heavy atom. The van der Waals surface area contributed by atoms with Gasteiger partial charge in [-0.05, 0) is 25.0 Å². The van der Waals surface area contributed by atoms with Gasteiger partial charge in [-0.2, -0.15) is 5.10 Å². The molecule has 0 saturated heterocycles. The second-order valence-electron chi connectivity index (χ2n) is 5.17. The molecule has 2 aromatic heterocycles. The molecular weight excluding hydrogens is 268 g/mol. The lowest BCUT2D eigenvalue weighted by atomic mass is 10.2. The van der Waals surface area contributed by atoms with Crippen LogP contribution >= 0.6 is 0 Å². The first-order valence-electron chi connectivity index (χ1n) is 7.10. The lowest BCUT2D eigenvalue weighted by molar-refractivity contribution is 0.304. The Morgan fingerprint density at radius 2 is 2.24 bits per heavy atom. The maximum Gasteiger partial charge on any atom is 0.269 e. The van der Waals surface area contributed by atoms with Crippen LogP contribution in [-0.2, 0) is 13.1 Å². The number of hydrogen-bond donors (Lipinski definition) is 1. The number of ether oxygens (including phenoxy) is 1. The zero-order valence-corrected chi connectivity index (χ0v) is 12.2. The number of aromatic amines is 1. The van der Waals surface area contributed by atoms with Crippen molar-refractivity contribution < 1.29 is 4.74 Å². The molecule has 0 saturated carbocycles. The normalized spacial score (nSPS) is 13.3. The summed E-state index contributed by atoms with van der Waals surface area (Å²) >= 11 is 0. The van der Waals surface area contributed by atoms with Crippen molar-refractivity contribution in [2.45, 2.75) is 33.4 Å². The third-order valence-corrected chi connectivity index (χ3v) is 3.62. The third-order valence-electron chi connectivity index (χ3n) is 3.62. The highest BCUT2D eigenvalue weighted by molar-refractivity contribution is 5.53. The molecule has 2 aromatic rings. The van der Waals surface area contributed by atoms with Crippen molar-refractivity contribution in [2.24, 2.45) is 0 Å². The van der Waals surface area contributed by atoms with Gasteiger partial charge in [-0.3, -0.25) is 4.79 Å². The van der Waals surface area contributed by atoms with Crippen LogP contribution in [0.5, 0.6) is 5.88 Å². The molecule has 0 unspecified atom stereocenters. The highest BCUT2D eigenvalue weighted by Crippen LogP contribution is 2.28. The van der Waals surface area contributed by atoms with E-state index in [1.54, 1.807) is 6.20 Å². The standard InChI is InChI=1S/C15H18N4O2/c1-3-6-21-14-5-4-11-8-19(9-12(11)17-14)13-7-16-18-15(20)10(13)2/h4-5,7H,3,6,8-9H2,1-2H3,(H,18,20). The summed E-state index contributed by atoms with van der Waals surface area (Å²) < 4.78 is 5.57. The van der Waals surface area contributed by atoms with E-state index in [1.807, 2.05) is 19.1 Å². The van der Waals surface area contributed by atoms with Crippen molar-refractivity contribution >= 4 is 5.69 Å². The number of H-pyrrole nitrogens is 1. The molecule has 0 amide bonds. The molecule has 0 radical (unpaired) electrons. The summed E-state index contributed by atoms with van der Waals surface area (Å²) in [5, 5.41) is 6.34. The number of hydrogen-bond acceptors (Lipinski definition) is 5. The van der Waals surface area contributed by atoms with Gasteiger partial charge in [0.1, 0.15) is 0 Å². The monoisotopic (exact) mass is 286 g/mol. The van der Waals surface area contributed by atoms with E-state index in [-0.39, 0.29) is 5.56 Å². The van der Waals surface area contributed by atoms with Gasteiger partial charge in [0, 0.05) is 18.2 Å². The average molecular weight is 286 g/mol. The molecule has 6 heteroatoms. The number of rotatable bonds is 4. The van der Waals surface area contributed by atoms with Gasteiger partial charge in [0.2, 0.25) is 5.88 Å². The number of aromatic nitrogens is 3. The topological polar surface area (TPSA) is 71.1 Å². The number of fused-ring (bicyclic) bond motifs is 1. The van der Waals surface area contributed by atoms with E-state index in [1.165, 1.54) is 5.56 Å². The Kier molecular flexibility index (Phi) is 3.60. The van der Waals surface area contributed by atoms with E-state index in [0.29, 0.717) is 24.6 Å². The van der Waals surface area contributed by atoms with Gasteiger partial charge in [-0.1, -0.05) is 6.92 Å². The molecule has 0 aromatic carbocycles. The molecule has 0 fully saturated rings. The van der Waals surface area contributed by atoms with Crippen LogP contribution in [0.4, 0.5) is 5.69 Å². The number of pyridine rings is 1. The van der Waals surface area contributed by atoms with E-state index in [0.717, 1.165) is 24.3 Å². The summed E-state index contributed by atoms with van der Waals surface area (Å²) in [4.78, 5) is 18.3. The van der Waals surface area contributed by atoms with E-state index >= 15 is 0 Å². The fourth-order valence-corrected chi connectivity index (χ4v) is 2.46. The summed E-state index contributed by atoms with van der Waals surface area (Å²) in [6.45, 7) is 5.96. The molecule has 0 aliphatic carbocycles. The van der Waals surface area contributed by atoms with Gasteiger partial charge in [0.25, 0.3) is 5.56 Å². The van der Waals surface area contributed by atoms with Gasteiger partial charge in [-0.15, -0.1) is 0 Å². The smallest absolute Gasteiger partial charge is 0.269 e. The summed E-state index contributed by atoms with van der Waals surface area (Å²) in [7, 11) is 0. The Morgan fingerprint density at radius 3 is 3.05 bits per heavy atom. The Balaban J connectivity index is 1.84. The van der Waals surface area contributed by atoms with E-state index in [9.17, 15) is 4.79 Å². The van der Waals surface area contributed by atoms with Crippen LogP contribution in [0.2, 0.25) is 0 Å². The number of anilines is 1. The van der Waals surface area contributed by atoms with Crippen LogP contribution in [0.15, 0.2) is 23.1 Å². The first-order valence-corrected chi connectivity index (χ1v) is 7.10. The van der Waals surface area contributed by atoms with Crippen LogP contribution in [0, 0.1) is 6.92 Å². The molecule has 3 heterocycles. The lowest BCUT2D eigenvalue weighted by Gasteiger charge is -2.18. The fourth-order valence-electron chi connectivity index (χ4n) is 2.46. The van der Waals surface area contributed by atoms with Crippen molar-refractivity contribution in [1.29, 1.82) is 0 Å². The Labute approximate surface area is 122 Å². The quantitative estimate of drug-likeness (QED) is 0.927. The van der Waals surface area contributed by atoms with Crippen LogP contribution in [0.25, 0.3) is 0 Å². The van der Waals surface area contributed by atoms with Crippen LogP contribution < -0.4 is 15.2 Å². The third kappa shape index (κ3) is 2.61. The molecule has 110 valence electrons. The predicted octanol–water partition coefficient (Wildman–Crippen LogP) is 1.78. The molecule has 1 aliphatic heterocycles. The molecule has 1 aliphatic rings. The van der Waals surface area contributed by atoms with Crippen LogP contribution in [0.3, 0.4) is 0 Å². The lowest BCUT2D eigenvalue weighted by Crippen LogP contribution is -2.21. The maximum absolute atomic E-state index is 11.7. The Bertz CT molecular complexity index is 711. The van der Waals surface area contributed by atoms with Gasteiger partial charge in [0.15, 0.2) is 0 Å². The van der Waals surface area contributed by atoms with Crippen molar-refractivity contribution in [3.8, 4) is 5.88 Å². The van der Waals surface area contributed by atoms with Gasteiger partial charge in [-0.25, -0.2) is 10.1 Å². The van der Waals surface area contributed by atoms with E-state index in [4.69, 9.17) is 4.74 Å². The van der Waals surface area contributed by atoms with Crippen molar-refractivity contribution in [3.05, 3.63) is 45.5 Å². The molecule has 21 heavy (non-hydrogen) atoms. The van der Waals surface area contributed by atoms with Crippen molar-refractivity contribution in [3.63, 3.8) is 0 Å². The molecule has 3 rings (SSSR count). The fraction of sp³-hybridized carbons (Fsp3) is 0.400. The molecule has 0 bridgehead atoms. The largest absolute Gasteiger partial charge is 0.478 e. The highest BCUT2D eigenvalue weighted by atomic mass is 16.5. The second-order valence-corrected chi connectivity index (χ2v) is 5.17. The minimum atomic E-state index is -0.150. The van der Waals surface area contributed by atoms with E-state index < -0.39 is 0 Å². The van der Waals surface area contributed by atoms with Gasteiger partial charge < -0.3 is 9.64 Å². The van der Waals surface area contributed by atoms with Gasteiger partial charge in [0.05, 0.1) is 30.7 Å². The molecule has 6 nitrogen and oxygen atoms in total. The molecule has 0 spiro atoms. The molecule has 1 N–H and O–H groups in total. The maximum atomic E-state index is 11.7. The molecule has 0 atom stereocenters. The summed E-state index contributed by atoms with van der Waals surface area (Å²) in [5.41, 5.74) is 3.55. The minimum absolute atomic E-state index is 0.150. The zero-order valence-electron chi connectivity index (χ0n) is 12.2. The summed E-state index contributed by atoms with van der Waals surface area (Å²) in [6, 6.07) is 3.95. The first kappa shape index (κ1) is 13.6. The van der Waals surface area contributed by atoms with Crippen molar-refractivity contribution in [1.82, 2.24) is 15.2 Å². The van der Waals surface area contributed by atoms with Crippen molar-refractivity contribution in [2.75, 3.05) is 11.5 Å². The van der Waals surface area contributed by atoms with Gasteiger partial charge >= 0.3 is 0 Å². The second kappa shape index (κ2) is 5.55. The first-order chi connectivity index (χ1) is 10.2. The SMILES string of the molecule is CCCOc1ccc2c(n1)CN(c1cn[nH]c(=O)c1C)C2. The summed E-state index contributed by atoms with van der Waals surface area (Å²) in [5.74, 6) is 0.665. The van der Waals surface area contributed by atoms with E-state index in [2.05, 4.69) is 27.0 Å². The van der Waals surface area contributed by atoms with Crippen LogP contribution in [-0.4, -0.2) is 21.8 Å². The average Bonchev–Trinajstić information content (AvgIpc) is 2.90. The predicted molar refractivity (Wildman–Crippen MR) is 79.5 cm³/mol. The summed E-state index contributed by atoms with van der Waals surface area (Å²) in [6.07, 6.45) is 2.65. The minimum Gasteiger partial charge on any atom is -0.478 e. The highest BCUT2D eigenvalue weighted by Gasteiger charge is 2.23. The molecular formula is C15H18N4O2. The van der Waals surface area contributed by atoms with Crippen LogP contribution in [0.1, 0.15) is 30.2 Å². The zero-order chi connectivity index (χ0) is 14.8.